The van der Waals surface area contributed by atoms with Crippen molar-refractivity contribution in [3.05, 3.63) is 59.9 Å². The molecule has 0 spiro atoms. The van der Waals surface area contributed by atoms with Gasteiger partial charge in [-0.1, -0.05) is 24.3 Å². The number of rotatable bonds is 4. The number of carboxylic acid groups (broad SMARTS) is 1. The summed E-state index contributed by atoms with van der Waals surface area (Å²) in [4.78, 5) is 44.5. The van der Waals surface area contributed by atoms with Gasteiger partial charge >= 0.3 is 12.1 Å². The first-order valence-electron chi connectivity index (χ1n) is 13.2. The Kier molecular flexibility index (Phi) is 9.14. The Bertz CT molecular complexity index is 1380. The molecule has 0 bridgehead atoms. The highest BCUT2D eigenvalue weighted by Gasteiger charge is 2.38. The van der Waals surface area contributed by atoms with Crippen molar-refractivity contribution < 1.29 is 37.1 Å². The predicted molar refractivity (Wildman–Crippen MR) is 143 cm³/mol. The first kappa shape index (κ1) is 29.8. The van der Waals surface area contributed by atoms with E-state index in [0.717, 1.165) is 48.5 Å². The van der Waals surface area contributed by atoms with E-state index in [-0.39, 0.29) is 23.5 Å². The van der Waals surface area contributed by atoms with Gasteiger partial charge in [0.25, 0.3) is 0 Å². The predicted octanol–water partition coefficient (Wildman–Crippen LogP) is 3.76. The second-order valence-electron chi connectivity index (χ2n) is 10.0. The van der Waals surface area contributed by atoms with Crippen molar-refractivity contribution in [3.8, 4) is 0 Å². The zero-order valence-corrected chi connectivity index (χ0v) is 22.5. The van der Waals surface area contributed by atoms with Gasteiger partial charge < -0.3 is 24.4 Å². The summed E-state index contributed by atoms with van der Waals surface area (Å²) in [7, 11) is 0. The summed E-state index contributed by atoms with van der Waals surface area (Å²) < 4.78 is 47.3. The third kappa shape index (κ3) is 7.33. The normalized spacial score (nSPS) is 16.4. The summed E-state index contributed by atoms with van der Waals surface area (Å²) in [5.74, 6) is -1.81. The minimum Gasteiger partial charge on any atom is -0.475 e. The van der Waals surface area contributed by atoms with Gasteiger partial charge in [0.1, 0.15) is 5.82 Å². The van der Waals surface area contributed by atoms with Crippen LogP contribution in [0.15, 0.2) is 48.5 Å². The van der Waals surface area contributed by atoms with E-state index in [0.29, 0.717) is 32.7 Å². The number of amides is 2. The number of anilines is 1. The van der Waals surface area contributed by atoms with E-state index in [1.165, 1.54) is 12.1 Å². The molecule has 41 heavy (non-hydrogen) atoms. The van der Waals surface area contributed by atoms with Crippen LogP contribution in [0.2, 0.25) is 0 Å². The molecule has 1 aromatic heterocycles. The van der Waals surface area contributed by atoms with E-state index in [1.807, 2.05) is 35.2 Å². The number of nitrogens with zero attached hydrogens (tertiary/aromatic N) is 5. The highest BCUT2D eigenvalue weighted by molar-refractivity contribution is 5.81. The van der Waals surface area contributed by atoms with Crippen LogP contribution in [0.1, 0.15) is 25.3 Å². The summed E-state index contributed by atoms with van der Waals surface area (Å²) in [6, 6.07) is 14.7. The van der Waals surface area contributed by atoms with Gasteiger partial charge in [-0.05, 0) is 42.7 Å². The molecule has 0 saturated carbocycles. The van der Waals surface area contributed by atoms with Crippen molar-refractivity contribution in [2.24, 2.45) is 5.92 Å². The maximum Gasteiger partial charge on any atom is 0.490 e. The van der Waals surface area contributed by atoms with Crippen LogP contribution in [0.5, 0.6) is 0 Å². The van der Waals surface area contributed by atoms with E-state index in [1.54, 1.807) is 11.8 Å². The van der Waals surface area contributed by atoms with Crippen molar-refractivity contribution >= 4 is 34.8 Å². The molecule has 2 amide bonds. The van der Waals surface area contributed by atoms with Crippen LogP contribution < -0.4 is 4.90 Å². The summed E-state index contributed by atoms with van der Waals surface area (Å²) in [6.07, 6.45) is -3.52. The first-order chi connectivity index (χ1) is 19.4. The Hall–Kier alpha value is -4.16. The fraction of sp³-hybridized carbons (Fsp3) is 0.429. The molecule has 0 aliphatic carbocycles. The topological polar surface area (TPSA) is 99.0 Å². The number of aromatic nitrogens is 2. The number of piperazine rings is 1. The number of imidazole rings is 1. The Labute approximate surface area is 233 Å². The number of piperidine rings is 1. The quantitative estimate of drug-likeness (QED) is 0.475. The number of carbonyl (C=O) groups is 3. The number of aliphatic carboxylic acids is 1. The standard InChI is InChI=1S/C26H30FN5O2.C2HF3O2/c1-19(33)29-14-16-30(17-15-29)25(34)21-10-12-31(13-11-21)26-28-23-4-2-3-5-24(23)32(26)18-20-6-8-22(27)9-7-20;3-2(4,5)1(6)7/h2-9,21H,10-18H2,1H3;(H,6,7). The molecule has 3 aromatic rings. The molecule has 1 N–H and O–H groups in total. The Morgan fingerprint density at radius 3 is 2.02 bits per heavy atom. The number of benzene rings is 2. The minimum atomic E-state index is -5.08. The third-order valence-electron chi connectivity index (χ3n) is 7.29. The smallest absolute Gasteiger partial charge is 0.475 e. The molecule has 0 unspecified atom stereocenters. The molecule has 13 heteroatoms. The van der Waals surface area contributed by atoms with Crippen LogP contribution in [0.25, 0.3) is 11.0 Å². The fourth-order valence-corrected chi connectivity index (χ4v) is 5.06. The maximum absolute atomic E-state index is 13.4. The zero-order valence-electron chi connectivity index (χ0n) is 22.5. The number of carbonyl (C=O) groups excluding carboxylic acids is 2. The first-order valence-corrected chi connectivity index (χ1v) is 13.2. The molecular weight excluding hydrogens is 546 g/mol. The molecule has 9 nitrogen and oxygen atoms in total. The van der Waals surface area contributed by atoms with E-state index in [4.69, 9.17) is 14.9 Å². The average Bonchev–Trinajstić information content (AvgIpc) is 3.32. The van der Waals surface area contributed by atoms with E-state index < -0.39 is 12.1 Å². The molecular formula is C28H31F4N5O4. The molecule has 2 aliphatic rings. The summed E-state index contributed by atoms with van der Waals surface area (Å²) in [5, 5.41) is 7.12. The van der Waals surface area contributed by atoms with Gasteiger partial charge in [0, 0.05) is 52.1 Å². The van der Waals surface area contributed by atoms with Crippen LogP contribution in [0.3, 0.4) is 0 Å². The van der Waals surface area contributed by atoms with Gasteiger partial charge in [-0.25, -0.2) is 14.2 Å². The Morgan fingerprint density at radius 1 is 0.902 bits per heavy atom. The van der Waals surface area contributed by atoms with E-state index in [9.17, 15) is 27.2 Å². The number of halogens is 4. The highest BCUT2D eigenvalue weighted by Crippen LogP contribution is 2.29. The number of hydrogen-bond acceptors (Lipinski definition) is 5. The molecule has 220 valence electrons. The average molecular weight is 578 g/mol. The highest BCUT2D eigenvalue weighted by atomic mass is 19.4. The van der Waals surface area contributed by atoms with Crippen molar-refractivity contribution in [2.45, 2.75) is 32.5 Å². The van der Waals surface area contributed by atoms with Crippen LogP contribution in [0.4, 0.5) is 23.5 Å². The van der Waals surface area contributed by atoms with Crippen LogP contribution in [0, 0.1) is 11.7 Å². The zero-order chi connectivity index (χ0) is 29.7. The molecule has 3 heterocycles. The lowest BCUT2D eigenvalue weighted by Crippen LogP contribution is -2.52. The summed E-state index contributed by atoms with van der Waals surface area (Å²) in [5.41, 5.74) is 2.99. The number of fused-ring (bicyclic) bond motifs is 1. The number of alkyl halides is 3. The molecule has 2 saturated heterocycles. The lowest BCUT2D eigenvalue weighted by atomic mass is 9.95. The van der Waals surface area contributed by atoms with Crippen molar-refractivity contribution in [2.75, 3.05) is 44.2 Å². The van der Waals surface area contributed by atoms with Gasteiger partial charge in [0.05, 0.1) is 17.6 Å². The molecule has 0 radical (unpaired) electrons. The molecule has 2 aromatic carbocycles. The third-order valence-corrected chi connectivity index (χ3v) is 7.29. The minimum absolute atomic E-state index is 0.00931. The number of para-hydroxylation sites is 2. The molecule has 2 fully saturated rings. The number of carboxylic acids is 1. The van der Waals surface area contributed by atoms with Gasteiger partial charge in [0.2, 0.25) is 17.8 Å². The van der Waals surface area contributed by atoms with Crippen molar-refractivity contribution in [1.29, 1.82) is 0 Å². The second kappa shape index (κ2) is 12.6. The Balaban J connectivity index is 0.000000493. The summed E-state index contributed by atoms with van der Waals surface area (Å²) >= 11 is 0. The van der Waals surface area contributed by atoms with Crippen molar-refractivity contribution in [3.63, 3.8) is 0 Å². The molecule has 5 rings (SSSR count). The molecule has 2 aliphatic heterocycles. The number of hydrogen-bond donors (Lipinski definition) is 1. The van der Waals surface area contributed by atoms with Crippen LogP contribution >= 0.6 is 0 Å². The lowest BCUT2D eigenvalue weighted by Gasteiger charge is -2.38. The monoisotopic (exact) mass is 577 g/mol. The van der Waals surface area contributed by atoms with Gasteiger partial charge in [-0.3, -0.25) is 9.59 Å². The second-order valence-corrected chi connectivity index (χ2v) is 10.0. The van der Waals surface area contributed by atoms with Gasteiger partial charge in [0.15, 0.2) is 0 Å². The maximum atomic E-state index is 13.4. The van der Waals surface area contributed by atoms with Crippen LogP contribution in [-0.4, -0.2) is 87.7 Å². The van der Waals surface area contributed by atoms with Crippen molar-refractivity contribution in [1.82, 2.24) is 19.4 Å². The van der Waals surface area contributed by atoms with Gasteiger partial charge in [-0.2, -0.15) is 13.2 Å². The van der Waals surface area contributed by atoms with E-state index in [2.05, 4.69) is 15.5 Å². The lowest BCUT2D eigenvalue weighted by molar-refractivity contribution is -0.192. The summed E-state index contributed by atoms with van der Waals surface area (Å²) in [6.45, 7) is 6.18. The molecule has 0 atom stereocenters. The van der Waals surface area contributed by atoms with Crippen LogP contribution in [-0.2, 0) is 20.9 Å². The SMILES string of the molecule is CC(=O)N1CCN(C(=O)C2CCN(c3nc4ccccc4n3Cc3ccc(F)cc3)CC2)CC1.O=C(O)C(F)(F)F. The van der Waals surface area contributed by atoms with Gasteiger partial charge in [-0.15, -0.1) is 0 Å². The van der Waals surface area contributed by atoms with E-state index >= 15 is 0 Å². The fourth-order valence-electron chi connectivity index (χ4n) is 5.06. The Morgan fingerprint density at radius 2 is 1.46 bits per heavy atom. The largest absolute Gasteiger partial charge is 0.490 e.